The van der Waals surface area contributed by atoms with Crippen molar-refractivity contribution >= 4 is 15.7 Å². The lowest BCUT2D eigenvalue weighted by atomic mass is 10.1. The van der Waals surface area contributed by atoms with Gasteiger partial charge in [0.15, 0.2) is 0 Å². The molecule has 0 bridgehead atoms. The average molecular weight is 300 g/mol. The molecular weight excluding hydrogens is 283 g/mol. The molecule has 20 heavy (non-hydrogen) atoms. The van der Waals surface area contributed by atoms with Crippen LogP contribution in [0.1, 0.15) is 6.42 Å². The minimum atomic E-state index is -3.72. The van der Waals surface area contributed by atoms with Crippen molar-refractivity contribution in [2.45, 2.75) is 11.3 Å². The fraction of sp³-hybridized carbons (Fsp3) is 0.385. The van der Waals surface area contributed by atoms with Gasteiger partial charge < -0.3 is 10.5 Å². The van der Waals surface area contributed by atoms with Crippen molar-refractivity contribution in [1.29, 1.82) is 0 Å². The first-order valence-corrected chi connectivity index (χ1v) is 7.60. The number of benzene rings is 1. The summed E-state index contributed by atoms with van der Waals surface area (Å²) in [6.07, 6.45) is 2.44. The molecule has 0 aromatic heterocycles. The minimum Gasteiger partial charge on any atom is -0.399 e. The molecule has 1 aliphatic rings. The maximum Gasteiger partial charge on any atom is 0.243 e. The Balaban J connectivity index is 2.24. The molecule has 7 heteroatoms. The van der Waals surface area contributed by atoms with Gasteiger partial charge in [-0.15, -0.1) is 0 Å². The van der Waals surface area contributed by atoms with Crippen LogP contribution in [0.5, 0.6) is 0 Å². The van der Waals surface area contributed by atoms with E-state index < -0.39 is 15.8 Å². The number of hydrogen-bond acceptors (Lipinski definition) is 4. The molecule has 5 nitrogen and oxygen atoms in total. The van der Waals surface area contributed by atoms with E-state index in [4.69, 9.17) is 10.5 Å². The monoisotopic (exact) mass is 300 g/mol. The lowest BCUT2D eigenvalue weighted by Gasteiger charge is -2.25. The molecule has 0 unspecified atom stereocenters. The standard InChI is InChI=1S/C13H17FN2O3S/c1-19-9-10-2-4-16(5-3-10)20(17,18)13-7-11(14)6-12(15)8-13/h2,6-8H,3-5,9,15H2,1H3. The third kappa shape index (κ3) is 3.17. The van der Waals surface area contributed by atoms with Crippen LogP contribution in [0.15, 0.2) is 34.7 Å². The molecule has 1 heterocycles. The summed E-state index contributed by atoms with van der Waals surface area (Å²) in [6.45, 7) is 1.12. The molecule has 0 radical (unpaired) electrons. The quantitative estimate of drug-likeness (QED) is 0.673. The molecule has 1 aromatic carbocycles. The van der Waals surface area contributed by atoms with Crippen LogP contribution in [-0.4, -0.2) is 39.5 Å². The number of nitrogens with two attached hydrogens (primary N) is 1. The van der Waals surface area contributed by atoms with Gasteiger partial charge in [-0.1, -0.05) is 6.08 Å². The van der Waals surface area contributed by atoms with Crippen LogP contribution in [0, 0.1) is 5.82 Å². The Bertz CT molecular complexity index is 608. The van der Waals surface area contributed by atoms with E-state index in [0.717, 1.165) is 17.7 Å². The number of hydrogen-bond donors (Lipinski definition) is 1. The first kappa shape index (κ1) is 15.0. The SMILES string of the molecule is COCC1=CCN(S(=O)(=O)c2cc(N)cc(F)c2)CC1. The highest BCUT2D eigenvalue weighted by Crippen LogP contribution is 2.23. The number of nitrogen functional groups attached to an aromatic ring is 1. The molecule has 0 amide bonds. The molecular formula is C13H17FN2O3S. The van der Waals surface area contributed by atoms with Gasteiger partial charge in [0.25, 0.3) is 0 Å². The molecule has 1 aliphatic heterocycles. The molecule has 2 rings (SSSR count). The van der Waals surface area contributed by atoms with Crippen molar-refractivity contribution < 1.29 is 17.5 Å². The smallest absolute Gasteiger partial charge is 0.243 e. The summed E-state index contributed by atoms with van der Waals surface area (Å²) in [4.78, 5) is -0.112. The number of sulfonamides is 1. The second-order valence-corrected chi connectivity index (χ2v) is 6.57. The maximum atomic E-state index is 13.3. The second-order valence-electron chi connectivity index (χ2n) is 4.63. The Morgan fingerprint density at radius 1 is 1.40 bits per heavy atom. The zero-order chi connectivity index (χ0) is 14.8. The number of methoxy groups -OCH3 is 1. The van der Waals surface area contributed by atoms with Gasteiger partial charge in [0.1, 0.15) is 5.82 Å². The lowest BCUT2D eigenvalue weighted by Crippen LogP contribution is -2.35. The van der Waals surface area contributed by atoms with E-state index in [9.17, 15) is 12.8 Å². The third-order valence-corrected chi connectivity index (χ3v) is 4.97. The number of halogens is 1. The molecule has 0 spiro atoms. The lowest BCUT2D eigenvalue weighted by molar-refractivity contribution is 0.219. The Kier molecular flexibility index (Phi) is 4.42. The predicted molar refractivity (Wildman–Crippen MR) is 74.1 cm³/mol. The summed E-state index contributed by atoms with van der Waals surface area (Å²) >= 11 is 0. The van der Waals surface area contributed by atoms with E-state index >= 15 is 0 Å². The molecule has 0 saturated heterocycles. The number of nitrogens with zero attached hydrogens (tertiary/aromatic N) is 1. The predicted octanol–water partition coefficient (Wildman–Crippen LogP) is 1.38. The first-order valence-electron chi connectivity index (χ1n) is 6.16. The summed E-state index contributed by atoms with van der Waals surface area (Å²) in [7, 11) is -2.12. The van der Waals surface area contributed by atoms with Gasteiger partial charge in [0, 0.05) is 25.9 Å². The summed E-state index contributed by atoms with van der Waals surface area (Å²) < 4.78 is 44.4. The highest BCUT2D eigenvalue weighted by atomic mass is 32.2. The summed E-state index contributed by atoms with van der Waals surface area (Å²) in [5.74, 6) is -0.656. The van der Waals surface area contributed by atoms with Crippen LogP contribution < -0.4 is 5.73 Å². The average Bonchev–Trinajstić information content (AvgIpc) is 2.38. The molecule has 1 aromatic rings. The van der Waals surface area contributed by atoms with Crippen LogP contribution in [-0.2, 0) is 14.8 Å². The Morgan fingerprint density at radius 2 is 2.15 bits per heavy atom. The van der Waals surface area contributed by atoms with E-state index in [1.807, 2.05) is 6.08 Å². The molecule has 0 atom stereocenters. The van der Waals surface area contributed by atoms with Crippen LogP contribution in [0.3, 0.4) is 0 Å². The molecule has 0 aliphatic carbocycles. The van der Waals surface area contributed by atoms with Crippen LogP contribution >= 0.6 is 0 Å². The number of rotatable bonds is 4. The largest absolute Gasteiger partial charge is 0.399 e. The van der Waals surface area contributed by atoms with E-state index in [1.54, 1.807) is 7.11 Å². The van der Waals surface area contributed by atoms with E-state index in [2.05, 4.69) is 0 Å². The van der Waals surface area contributed by atoms with E-state index in [-0.39, 0.29) is 17.1 Å². The Labute approximate surface area is 117 Å². The third-order valence-electron chi connectivity index (χ3n) is 3.13. The van der Waals surface area contributed by atoms with Gasteiger partial charge in [0.05, 0.1) is 11.5 Å². The topological polar surface area (TPSA) is 72.6 Å². The summed E-state index contributed by atoms with van der Waals surface area (Å²) in [6, 6.07) is 3.35. The van der Waals surface area contributed by atoms with Gasteiger partial charge in [-0.05, 0) is 30.2 Å². The van der Waals surface area contributed by atoms with Crippen molar-refractivity contribution in [2.24, 2.45) is 0 Å². The van der Waals surface area contributed by atoms with Crippen LogP contribution in [0.25, 0.3) is 0 Å². The van der Waals surface area contributed by atoms with Crippen LogP contribution in [0.2, 0.25) is 0 Å². The van der Waals surface area contributed by atoms with Crippen molar-refractivity contribution in [3.05, 3.63) is 35.7 Å². The number of anilines is 1. The first-order chi connectivity index (χ1) is 9.43. The van der Waals surface area contributed by atoms with Crippen molar-refractivity contribution in [1.82, 2.24) is 4.31 Å². The molecule has 2 N–H and O–H groups in total. The fourth-order valence-corrected chi connectivity index (χ4v) is 3.56. The summed E-state index contributed by atoms with van der Waals surface area (Å²) in [5.41, 5.74) is 6.66. The van der Waals surface area contributed by atoms with E-state index in [0.29, 0.717) is 19.6 Å². The van der Waals surface area contributed by atoms with Gasteiger partial charge in [0.2, 0.25) is 10.0 Å². The molecule has 0 saturated carbocycles. The van der Waals surface area contributed by atoms with Gasteiger partial charge in [-0.2, -0.15) is 4.31 Å². The second kappa shape index (κ2) is 5.90. The van der Waals surface area contributed by atoms with Crippen LogP contribution in [0.4, 0.5) is 10.1 Å². The Hall–Kier alpha value is -1.44. The zero-order valence-corrected chi connectivity index (χ0v) is 12.0. The summed E-state index contributed by atoms with van der Waals surface area (Å²) in [5, 5.41) is 0. The highest BCUT2D eigenvalue weighted by Gasteiger charge is 2.26. The highest BCUT2D eigenvalue weighted by molar-refractivity contribution is 7.89. The van der Waals surface area contributed by atoms with Gasteiger partial charge in [-0.25, -0.2) is 12.8 Å². The maximum absolute atomic E-state index is 13.3. The van der Waals surface area contributed by atoms with Gasteiger partial charge in [-0.3, -0.25) is 0 Å². The minimum absolute atomic E-state index is 0.0937. The molecule has 0 fully saturated rings. The van der Waals surface area contributed by atoms with E-state index in [1.165, 1.54) is 10.4 Å². The van der Waals surface area contributed by atoms with Crippen molar-refractivity contribution in [3.8, 4) is 0 Å². The fourth-order valence-electron chi connectivity index (χ4n) is 2.11. The normalized spacial score (nSPS) is 17.0. The number of ether oxygens (including phenoxy) is 1. The van der Waals surface area contributed by atoms with Crippen molar-refractivity contribution in [2.75, 3.05) is 32.5 Å². The molecule has 110 valence electrons. The van der Waals surface area contributed by atoms with Crippen molar-refractivity contribution in [3.63, 3.8) is 0 Å². The van der Waals surface area contributed by atoms with Gasteiger partial charge >= 0.3 is 0 Å². The Morgan fingerprint density at radius 3 is 2.70 bits per heavy atom. The zero-order valence-electron chi connectivity index (χ0n) is 11.2.